The minimum Gasteiger partial charge on any atom is -0.337 e. The summed E-state index contributed by atoms with van der Waals surface area (Å²) < 4.78 is 40.6. The van der Waals surface area contributed by atoms with Crippen molar-refractivity contribution in [3.8, 4) is 0 Å². The van der Waals surface area contributed by atoms with Gasteiger partial charge in [0.15, 0.2) is 6.04 Å². The number of benzene rings is 2. The summed E-state index contributed by atoms with van der Waals surface area (Å²) in [7, 11) is 0. The molecule has 0 aliphatic carbocycles. The Labute approximate surface area is 180 Å². The molecule has 2 aromatic rings. The normalized spacial score (nSPS) is 19.4. The molecule has 10 heteroatoms. The summed E-state index contributed by atoms with van der Waals surface area (Å²) in [6.07, 6.45) is -4.42. The van der Waals surface area contributed by atoms with Gasteiger partial charge in [0, 0.05) is 24.1 Å². The molecule has 2 unspecified atom stereocenters. The number of alkyl halides is 3. The van der Waals surface area contributed by atoms with Gasteiger partial charge in [-0.3, -0.25) is 24.5 Å². The number of rotatable bonds is 4. The van der Waals surface area contributed by atoms with Gasteiger partial charge in [0.2, 0.25) is 11.8 Å². The fourth-order valence-corrected chi connectivity index (χ4v) is 3.93. The van der Waals surface area contributed by atoms with Crippen LogP contribution < -0.4 is 10.6 Å². The molecule has 2 aromatic carbocycles. The van der Waals surface area contributed by atoms with Crippen LogP contribution in [0.1, 0.15) is 50.7 Å². The Hall–Kier alpha value is -3.69. The molecule has 0 bridgehead atoms. The number of piperidine rings is 1. The number of hydrogen-bond acceptors (Lipinski definition) is 4. The van der Waals surface area contributed by atoms with Crippen LogP contribution in [0.2, 0.25) is 0 Å². The van der Waals surface area contributed by atoms with Gasteiger partial charge in [-0.15, -0.1) is 0 Å². The number of nitrogens with one attached hydrogen (secondary N) is 2. The van der Waals surface area contributed by atoms with Crippen molar-refractivity contribution in [3.05, 3.63) is 70.8 Å². The molecule has 1 fully saturated rings. The van der Waals surface area contributed by atoms with Crippen molar-refractivity contribution in [2.45, 2.75) is 37.6 Å². The van der Waals surface area contributed by atoms with E-state index in [1.54, 1.807) is 6.07 Å². The van der Waals surface area contributed by atoms with Crippen molar-refractivity contribution in [3.63, 3.8) is 0 Å². The molecule has 7 nitrogen and oxygen atoms in total. The smallest absolute Gasteiger partial charge is 0.337 e. The largest absolute Gasteiger partial charge is 0.412 e. The molecule has 1 saturated heterocycles. The molecule has 0 saturated carbocycles. The van der Waals surface area contributed by atoms with Gasteiger partial charge in [-0.05, 0) is 35.7 Å². The van der Waals surface area contributed by atoms with E-state index < -0.39 is 41.9 Å². The number of imide groups is 1. The van der Waals surface area contributed by atoms with E-state index in [1.165, 1.54) is 47.4 Å². The Morgan fingerprint density at radius 3 is 2.47 bits per heavy atom. The van der Waals surface area contributed by atoms with Gasteiger partial charge in [-0.25, -0.2) is 0 Å². The first-order valence-corrected chi connectivity index (χ1v) is 9.85. The van der Waals surface area contributed by atoms with Gasteiger partial charge in [-0.2, -0.15) is 13.2 Å². The summed E-state index contributed by atoms with van der Waals surface area (Å²) in [6, 6.07) is 8.01. The Balaban J connectivity index is 1.54. The third-order valence-electron chi connectivity index (χ3n) is 5.52. The molecule has 32 heavy (non-hydrogen) atoms. The summed E-state index contributed by atoms with van der Waals surface area (Å²) in [5.74, 6) is -2.35. The van der Waals surface area contributed by atoms with Crippen LogP contribution in [-0.2, 0) is 16.1 Å². The summed E-state index contributed by atoms with van der Waals surface area (Å²) in [5.41, 5.74) is 0.554. The van der Waals surface area contributed by atoms with Crippen LogP contribution in [0, 0.1) is 0 Å². The number of nitrogens with zero attached hydrogens (tertiary/aromatic N) is 1. The summed E-state index contributed by atoms with van der Waals surface area (Å²) in [5, 5.41) is 4.21. The molecule has 0 aromatic heterocycles. The molecule has 4 amide bonds. The Morgan fingerprint density at radius 2 is 1.81 bits per heavy atom. The lowest BCUT2D eigenvalue weighted by atomic mass is 10.0. The molecule has 2 atom stereocenters. The Kier molecular flexibility index (Phi) is 5.45. The molecule has 2 aliphatic rings. The van der Waals surface area contributed by atoms with E-state index in [2.05, 4.69) is 5.32 Å². The molecule has 2 heterocycles. The van der Waals surface area contributed by atoms with Gasteiger partial charge >= 0.3 is 6.18 Å². The van der Waals surface area contributed by atoms with Gasteiger partial charge < -0.3 is 10.2 Å². The monoisotopic (exact) mass is 445 g/mol. The second-order valence-electron chi connectivity index (χ2n) is 7.63. The van der Waals surface area contributed by atoms with E-state index in [4.69, 9.17) is 0 Å². The number of amides is 4. The van der Waals surface area contributed by atoms with E-state index in [0.29, 0.717) is 5.56 Å². The van der Waals surface area contributed by atoms with E-state index in [9.17, 15) is 32.3 Å². The number of carbonyl (C=O) groups is 4. The van der Waals surface area contributed by atoms with Crippen LogP contribution in [0.4, 0.5) is 13.2 Å². The first-order valence-electron chi connectivity index (χ1n) is 9.85. The third-order valence-corrected chi connectivity index (χ3v) is 5.52. The van der Waals surface area contributed by atoms with E-state index in [-0.39, 0.29) is 36.1 Å². The molecule has 0 spiro atoms. The Bertz CT molecular complexity index is 1100. The molecule has 0 radical (unpaired) electrons. The van der Waals surface area contributed by atoms with Crippen molar-refractivity contribution in [1.82, 2.24) is 15.5 Å². The minimum absolute atomic E-state index is 0.0168. The summed E-state index contributed by atoms with van der Waals surface area (Å²) in [6.45, 7) is 0.0168. The fourth-order valence-electron chi connectivity index (χ4n) is 3.93. The van der Waals surface area contributed by atoms with Crippen molar-refractivity contribution in [2.24, 2.45) is 0 Å². The molecule has 4 rings (SSSR count). The average Bonchev–Trinajstić information content (AvgIpc) is 3.07. The number of fused-ring (bicyclic) bond motifs is 1. The standard InChI is InChI=1S/C22H18F3N3O4/c23-22(24,25)18(12-4-2-1-3-5-12)27-19(30)13-6-7-15-14(10-13)11-28(21(15)32)16-8-9-17(29)26-20(16)31/h1-7,10,16,18H,8-9,11H2,(H,27,30)(H,26,29,31). The first-order chi connectivity index (χ1) is 15.1. The van der Waals surface area contributed by atoms with E-state index in [0.717, 1.165) is 0 Å². The maximum atomic E-state index is 13.5. The van der Waals surface area contributed by atoms with Crippen molar-refractivity contribution < 1.29 is 32.3 Å². The highest BCUT2D eigenvalue weighted by Crippen LogP contribution is 2.33. The SMILES string of the molecule is O=C1CCC(N2Cc3cc(C(=O)NC(c4ccccc4)C(F)(F)F)ccc3C2=O)C(=O)N1. The van der Waals surface area contributed by atoms with Gasteiger partial charge in [0.05, 0.1) is 0 Å². The van der Waals surface area contributed by atoms with Crippen molar-refractivity contribution in [2.75, 3.05) is 0 Å². The van der Waals surface area contributed by atoms with Crippen LogP contribution in [-0.4, -0.2) is 40.7 Å². The molecule has 2 N–H and O–H groups in total. The van der Waals surface area contributed by atoms with Crippen molar-refractivity contribution >= 4 is 23.6 Å². The van der Waals surface area contributed by atoms with Crippen LogP contribution in [0.15, 0.2) is 48.5 Å². The van der Waals surface area contributed by atoms with E-state index in [1.807, 2.05) is 5.32 Å². The first kappa shape index (κ1) is 21.5. The third kappa shape index (κ3) is 4.08. The van der Waals surface area contributed by atoms with Gasteiger partial charge in [0.1, 0.15) is 6.04 Å². The Morgan fingerprint density at radius 1 is 1.09 bits per heavy atom. The number of hydrogen-bond donors (Lipinski definition) is 2. The number of halogens is 3. The second-order valence-corrected chi connectivity index (χ2v) is 7.63. The highest BCUT2D eigenvalue weighted by atomic mass is 19.4. The quantitative estimate of drug-likeness (QED) is 0.707. The van der Waals surface area contributed by atoms with Crippen LogP contribution in [0.25, 0.3) is 0 Å². The minimum atomic E-state index is -4.70. The molecule has 2 aliphatic heterocycles. The van der Waals surface area contributed by atoms with E-state index >= 15 is 0 Å². The van der Waals surface area contributed by atoms with Crippen LogP contribution in [0.3, 0.4) is 0 Å². The van der Waals surface area contributed by atoms with Gasteiger partial charge in [0.25, 0.3) is 11.8 Å². The summed E-state index contributed by atoms with van der Waals surface area (Å²) >= 11 is 0. The highest BCUT2D eigenvalue weighted by molar-refractivity contribution is 6.06. The zero-order valence-electron chi connectivity index (χ0n) is 16.6. The molecular formula is C22H18F3N3O4. The van der Waals surface area contributed by atoms with Crippen LogP contribution in [0.5, 0.6) is 0 Å². The zero-order chi connectivity index (χ0) is 23.0. The fraction of sp³-hybridized carbons (Fsp3) is 0.273. The number of carbonyl (C=O) groups excluding carboxylic acids is 4. The maximum Gasteiger partial charge on any atom is 0.412 e. The molecular weight excluding hydrogens is 427 g/mol. The summed E-state index contributed by atoms with van der Waals surface area (Å²) in [4.78, 5) is 50.1. The molecule has 166 valence electrons. The second kappa shape index (κ2) is 8.10. The average molecular weight is 445 g/mol. The lowest BCUT2D eigenvalue weighted by Gasteiger charge is -2.29. The van der Waals surface area contributed by atoms with Gasteiger partial charge in [-0.1, -0.05) is 30.3 Å². The van der Waals surface area contributed by atoms with Crippen LogP contribution >= 0.6 is 0 Å². The lowest BCUT2D eigenvalue weighted by molar-refractivity contribution is -0.155. The maximum absolute atomic E-state index is 13.5. The lowest BCUT2D eigenvalue weighted by Crippen LogP contribution is -2.52. The highest BCUT2D eigenvalue weighted by Gasteiger charge is 2.42. The zero-order valence-corrected chi connectivity index (χ0v) is 16.6. The predicted molar refractivity (Wildman–Crippen MR) is 105 cm³/mol. The topological polar surface area (TPSA) is 95.6 Å². The predicted octanol–water partition coefficient (Wildman–Crippen LogP) is 2.48. The van der Waals surface area contributed by atoms with Crippen molar-refractivity contribution in [1.29, 1.82) is 0 Å².